The highest BCUT2D eigenvalue weighted by Crippen LogP contribution is 2.31. The fraction of sp³-hybridized carbons (Fsp3) is 0.348. The van der Waals surface area contributed by atoms with Gasteiger partial charge in [0.25, 0.3) is 5.91 Å². The summed E-state index contributed by atoms with van der Waals surface area (Å²) in [6, 6.07) is 10.5. The number of aromatic amines is 1. The number of carbonyl (C=O) groups excluding carboxylic acids is 1. The van der Waals surface area contributed by atoms with Crippen LogP contribution in [0, 0.1) is 6.92 Å². The fourth-order valence-electron chi connectivity index (χ4n) is 4.23. The van der Waals surface area contributed by atoms with E-state index in [0.29, 0.717) is 43.2 Å². The van der Waals surface area contributed by atoms with Crippen LogP contribution in [-0.2, 0) is 23.0 Å². The van der Waals surface area contributed by atoms with Gasteiger partial charge in [0.1, 0.15) is 0 Å². The number of fused-ring (bicyclic) bond motifs is 3. The Hall–Kier alpha value is -2.35. The normalized spacial score (nSPS) is 14.3. The van der Waals surface area contributed by atoms with Crippen molar-refractivity contribution in [2.75, 3.05) is 19.6 Å². The van der Waals surface area contributed by atoms with E-state index in [0.717, 1.165) is 27.7 Å². The third-order valence-electron chi connectivity index (χ3n) is 6.01. The molecule has 0 fully saturated rings. The van der Waals surface area contributed by atoms with Crippen LogP contribution in [0.4, 0.5) is 0 Å². The van der Waals surface area contributed by atoms with Gasteiger partial charge in [-0.1, -0.05) is 31.5 Å². The van der Waals surface area contributed by atoms with Crippen LogP contribution in [0.25, 0.3) is 10.9 Å². The summed E-state index contributed by atoms with van der Waals surface area (Å²) in [6.07, 6.45) is 0.712. The number of nitrogens with zero attached hydrogens (tertiary/aromatic N) is 2. The first-order valence-electron chi connectivity index (χ1n) is 10.4. The van der Waals surface area contributed by atoms with Crippen molar-refractivity contribution in [3.05, 3.63) is 63.8 Å². The highest BCUT2D eigenvalue weighted by Gasteiger charge is 2.28. The lowest BCUT2D eigenvalue weighted by Crippen LogP contribution is -2.36. The zero-order valence-electron chi connectivity index (χ0n) is 17.9. The van der Waals surface area contributed by atoms with Crippen molar-refractivity contribution < 1.29 is 13.2 Å². The van der Waals surface area contributed by atoms with E-state index >= 15 is 0 Å². The molecule has 2 aromatic carbocycles. The number of amides is 1. The second-order valence-electron chi connectivity index (χ2n) is 7.81. The molecule has 0 saturated carbocycles. The minimum absolute atomic E-state index is 0.154. The standard InChI is InChI=1S/C23H26ClN3O3S/c1-4-27(5-2)31(29,30)17-8-6-15(3)18(13-17)23(28)26-11-10-22-20(14-26)19-12-16(24)7-9-21(19)25-22/h6-9,12-13,25H,4-5,10-11,14H2,1-3H3. The first kappa shape index (κ1) is 21.9. The Balaban J connectivity index is 1.68. The van der Waals surface area contributed by atoms with Gasteiger partial charge in [-0.05, 0) is 42.8 Å². The van der Waals surface area contributed by atoms with Gasteiger partial charge in [-0.3, -0.25) is 4.79 Å². The maximum absolute atomic E-state index is 13.4. The third kappa shape index (κ3) is 3.86. The van der Waals surface area contributed by atoms with E-state index in [9.17, 15) is 13.2 Å². The molecular formula is C23H26ClN3O3S. The molecule has 1 amide bonds. The van der Waals surface area contributed by atoms with Gasteiger partial charge in [-0.2, -0.15) is 4.31 Å². The molecule has 0 unspecified atom stereocenters. The van der Waals surface area contributed by atoms with Crippen LogP contribution in [0.2, 0.25) is 5.02 Å². The Morgan fingerprint density at radius 3 is 2.61 bits per heavy atom. The number of carbonyl (C=O) groups is 1. The average molecular weight is 460 g/mol. The van der Waals surface area contributed by atoms with Gasteiger partial charge in [-0.25, -0.2) is 8.42 Å². The molecule has 0 bridgehead atoms. The lowest BCUT2D eigenvalue weighted by molar-refractivity contribution is 0.0734. The van der Waals surface area contributed by atoms with Gasteiger partial charge >= 0.3 is 0 Å². The maximum atomic E-state index is 13.4. The van der Waals surface area contributed by atoms with Crippen molar-refractivity contribution >= 4 is 38.4 Å². The molecule has 8 heteroatoms. The minimum atomic E-state index is -3.64. The summed E-state index contributed by atoms with van der Waals surface area (Å²) in [6.45, 7) is 7.24. The Bertz CT molecular complexity index is 1260. The summed E-state index contributed by atoms with van der Waals surface area (Å²) in [4.78, 5) is 18.8. The van der Waals surface area contributed by atoms with E-state index in [2.05, 4.69) is 4.98 Å². The van der Waals surface area contributed by atoms with E-state index < -0.39 is 10.0 Å². The van der Waals surface area contributed by atoms with Crippen LogP contribution < -0.4 is 0 Å². The highest BCUT2D eigenvalue weighted by molar-refractivity contribution is 7.89. The molecule has 0 radical (unpaired) electrons. The number of hydrogen-bond donors (Lipinski definition) is 1. The van der Waals surface area contributed by atoms with E-state index in [4.69, 9.17) is 11.6 Å². The number of rotatable bonds is 5. The quantitative estimate of drug-likeness (QED) is 0.616. The van der Waals surface area contributed by atoms with Gasteiger partial charge in [0.15, 0.2) is 0 Å². The smallest absolute Gasteiger partial charge is 0.254 e. The number of halogens is 1. The summed E-state index contributed by atoms with van der Waals surface area (Å²) in [5.41, 5.74) is 4.38. The molecule has 0 saturated heterocycles. The van der Waals surface area contributed by atoms with Crippen molar-refractivity contribution in [3.63, 3.8) is 0 Å². The highest BCUT2D eigenvalue weighted by atomic mass is 35.5. The van der Waals surface area contributed by atoms with E-state index in [1.807, 2.05) is 25.1 Å². The largest absolute Gasteiger partial charge is 0.358 e. The second kappa shape index (κ2) is 8.30. The Kier molecular flexibility index (Phi) is 5.85. The van der Waals surface area contributed by atoms with Crippen molar-refractivity contribution in [2.45, 2.75) is 38.6 Å². The minimum Gasteiger partial charge on any atom is -0.358 e. The van der Waals surface area contributed by atoms with Crippen LogP contribution in [0.1, 0.15) is 41.0 Å². The van der Waals surface area contributed by atoms with Crippen LogP contribution >= 0.6 is 11.6 Å². The van der Waals surface area contributed by atoms with Crippen molar-refractivity contribution in [3.8, 4) is 0 Å². The lowest BCUT2D eigenvalue weighted by Gasteiger charge is -2.28. The van der Waals surface area contributed by atoms with Gasteiger partial charge < -0.3 is 9.88 Å². The summed E-state index contributed by atoms with van der Waals surface area (Å²) in [7, 11) is -3.64. The first-order chi connectivity index (χ1) is 14.8. The topological polar surface area (TPSA) is 73.5 Å². The van der Waals surface area contributed by atoms with E-state index in [1.165, 1.54) is 10.4 Å². The van der Waals surface area contributed by atoms with Crippen molar-refractivity contribution in [2.24, 2.45) is 0 Å². The van der Waals surface area contributed by atoms with Gasteiger partial charge in [0.05, 0.1) is 4.90 Å². The van der Waals surface area contributed by atoms with E-state index in [1.54, 1.807) is 30.9 Å². The molecule has 1 N–H and O–H groups in total. The number of hydrogen-bond acceptors (Lipinski definition) is 3. The molecule has 1 aromatic heterocycles. The lowest BCUT2D eigenvalue weighted by atomic mass is 10.0. The molecule has 6 nitrogen and oxygen atoms in total. The Morgan fingerprint density at radius 1 is 1.16 bits per heavy atom. The van der Waals surface area contributed by atoms with E-state index in [-0.39, 0.29) is 10.8 Å². The van der Waals surface area contributed by atoms with Gasteiger partial charge in [-0.15, -0.1) is 0 Å². The summed E-state index contributed by atoms with van der Waals surface area (Å²) in [5.74, 6) is -0.156. The van der Waals surface area contributed by atoms with Gasteiger partial charge in [0, 0.05) is 65.3 Å². The molecule has 0 atom stereocenters. The monoisotopic (exact) mass is 459 g/mol. The number of benzene rings is 2. The molecule has 3 aromatic rings. The van der Waals surface area contributed by atoms with Gasteiger partial charge in [0.2, 0.25) is 10.0 Å². The molecule has 0 spiro atoms. The number of aryl methyl sites for hydroxylation is 1. The molecular weight excluding hydrogens is 434 g/mol. The Morgan fingerprint density at radius 2 is 1.90 bits per heavy atom. The SMILES string of the molecule is CCN(CC)S(=O)(=O)c1ccc(C)c(C(=O)N2CCc3[nH]c4ccc(Cl)cc4c3C2)c1. The van der Waals surface area contributed by atoms with Crippen LogP contribution in [0.3, 0.4) is 0 Å². The number of nitrogens with one attached hydrogen (secondary N) is 1. The number of H-pyrrole nitrogens is 1. The molecule has 0 aliphatic carbocycles. The average Bonchev–Trinajstić information content (AvgIpc) is 3.11. The third-order valence-corrected chi connectivity index (χ3v) is 8.29. The van der Waals surface area contributed by atoms with Crippen molar-refractivity contribution in [1.82, 2.24) is 14.2 Å². The van der Waals surface area contributed by atoms with Crippen LogP contribution in [-0.4, -0.2) is 48.1 Å². The fourth-order valence-corrected chi connectivity index (χ4v) is 5.89. The molecule has 4 rings (SSSR count). The predicted molar refractivity (Wildman–Crippen MR) is 123 cm³/mol. The summed E-state index contributed by atoms with van der Waals surface area (Å²) in [5, 5.41) is 1.68. The molecule has 164 valence electrons. The second-order valence-corrected chi connectivity index (χ2v) is 10.2. The van der Waals surface area contributed by atoms with Crippen molar-refractivity contribution in [1.29, 1.82) is 0 Å². The summed E-state index contributed by atoms with van der Waals surface area (Å²) < 4.78 is 27.3. The van der Waals surface area contributed by atoms with Crippen LogP contribution in [0.5, 0.6) is 0 Å². The molecule has 1 aliphatic heterocycles. The predicted octanol–water partition coefficient (Wildman–Crippen LogP) is 4.36. The molecule has 1 aliphatic rings. The zero-order chi connectivity index (χ0) is 22.3. The molecule has 2 heterocycles. The zero-order valence-corrected chi connectivity index (χ0v) is 19.5. The maximum Gasteiger partial charge on any atom is 0.254 e. The van der Waals surface area contributed by atoms with Crippen LogP contribution in [0.15, 0.2) is 41.3 Å². The summed E-state index contributed by atoms with van der Waals surface area (Å²) >= 11 is 6.19. The number of aromatic nitrogens is 1. The first-order valence-corrected chi connectivity index (χ1v) is 12.3. The molecule has 31 heavy (non-hydrogen) atoms. The number of sulfonamides is 1. The Labute approximate surface area is 187 Å².